The molecule has 2 aromatic carbocycles. The van der Waals surface area contributed by atoms with Crippen molar-refractivity contribution < 1.29 is 17.9 Å². The maximum atomic E-state index is 13.2. The van der Waals surface area contributed by atoms with Gasteiger partial charge in [-0.25, -0.2) is 0 Å². The van der Waals surface area contributed by atoms with Crippen LogP contribution in [0, 0.1) is 0 Å². The third kappa shape index (κ3) is 3.52. The first-order chi connectivity index (χ1) is 9.32. The van der Waals surface area contributed by atoms with Crippen LogP contribution in [0.5, 0.6) is 5.75 Å². The van der Waals surface area contributed by atoms with E-state index in [2.05, 4.69) is 0 Å². The first kappa shape index (κ1) is 17.0. The summed E-state index contributed by atoms with van der Waals surface area (Å²) in [4.78, 5) is 0. The van der Waals surface area contributed by atoms with E-state index in [0.29, 0.717) is 11.3 Å². The molecule has 4 N–H and O–H groups in total. The zero-order valence-corrected chi connectivity index (χ0v) is 11.9. The molecule has 0 amide bonds. The zero-order chi connectivity index (χ0) is 14.9. The number of halogens is 4. The minimum Gasteiger partial charge on any atom is -0.496 e. The summed E-state index contributed by atoms with van der Waals surface area (Å²) >= 11 is 0. The van der Waals surface area contributed by atoms with Crippen molar-refractivity contribution in [3.05, 3.63) is 42.0 Å². The lowest BCUT2D eigenvalue weighted by molar-refractivity contribution is -0.137. The number of benzene rings is 2. The second kappa shape index (κ2) is 6.13. The van der Waals surface area contributed by atoms with Crippen molar-refractivity contribution >= 4 is 23.8 Å². The van der Waals surface area contributed by atoms with E-state index in [1.807, 2.05) is 0 Å². The van der Waals surface area contributed by atoms with Crippen LogP contribution < -0.4 is 16.2 Å². The monoisotopic (exact) mass is 318 g/mol. The van der Waals surface area contributed by atoms with Gasteiger partial charge < -0.3 is 16.2 Å². The Morgan fingerprint density at radius 2 is 1.52 bits per heavy atom. The fourth-order valence-electron chi connectivity index (χ4n) is 1.97. The Hall–Kier alpha value is -2.08. The van der Waals surface area contributed by atoms with Crippen LogP contribution in [-0.4, -0.2) is 7.11 Å². The summed E-state index contributed by atoms with van der Waals surface area (Å²) in [6.45, 7) is 0. The maximum Gasteiger partial charge on any atom is 0.417 e. The van der Waals surface area contributed by atoms with Gasteiger partial charge in [0.05, 0.1) is 12.7 Å². The second-order valence-electron chi connectivity index (χ2n) is 4.27. The molecule has 0 heterocycles. The summed E-state index contributed by atoms with van der Waals surface area (Å²) in [5.74, 6) is 0.0714. The highest BCUT2D eigenvalue weighted by atomic mass is 35.5. The van der Waals surface area contributed by atoms with Crippen LogP contribution in [0.3, 0.4) is 0 Å². The number of alkyl halides is 3. The molecule has 114 valence electrons. The molecule has 0 unspecified atom stereocenters. The third-order valence-corrected chi connectivity index (χ3v) is 2.85. The van der Waals surface area contributed by atoms with Crippen LogP contribution in [0.1, 0.15) is 5.56 Å². The van der Waals surface area contributed by atoms with E-state index >= 15 is 0 Å². The molecule has 0 aliphatic rings. The molecule has 0 saturated heterocycles. The summed E-state index contributed by atoms with van der Waals surface area (Å²) in [7, 11) is 1.30. The molecule has 2 rings (SSSR count). The standard InChI is InChI=1S/C14H13F3N2O.ClH/c1-20-12-7-10(19)6-11(14(15,16)17)13(12)8-2-4-9(18)5-3-8;/h2-7H,18-19H2,1H3;1H. The van der Waals surface area contributed by atoms with Crippen molar-refractivity contribution in [3.63, 3.8) is 0 Å². The average Bonchev–Trinajstić information content (AvgIpc) is 2.38. The van der Waals surface area contributed by atoms with E-state index < -0.39 is 11.7 Å². The lowest BCUT2D eigenvalue weighted by Crippen LogP contribution is -2.09. The summed E-state index contributed by atoms with van der Waals surface area (Å²) in [5, 5.41) is 0. The van der Waals surface area contributed by atoms with Crippen LogP contribution in [0.25, 0.3) is 11.1 Å². The summed E-state index contributed by atoms with van der Waals surface area (Å²) < 4.78 is 44.6. The largest absolute Gasteiger partial charge is 0.496 e. The van der Waals surface area contributed by atoms with Gasteiger partial charge in [0, 0.05) is 23.0 Å². The molecule has 2 aromatic rings. The zero-order valence-electron chi connectivity index (χ0n) is 11.1. The SMILES string of the molecule is COc1cc(N)cc(C(F)(F)F)c1-c1ccc(N)cc1.Cl. The fourth-order valence-corrected chi connectivity index (χ4v) is 1.97. The Labute approximate surface area is 126 Å². The normalized spacial score (nSPS) is 10.9. The number of rotatable bonds is 2. The molecule has 0 saturated carbocycles. The van der Waals surface area contributed by atoms with Crippen molar-refractivity contribution in [2.24, 2.45) is 0 Å². The molecule has 3 nitrogen and oxygen atoms in total. The maximum absolute atomic E-state index is 13.2. The van der Waals surface area contributed by atoms with Gasteiger partial charge in [-0.2, -0.15) is 13.2 Å². The Bertz CT molecular complexity index is 627. The second-order valence-corrected chi connectivity index (χ2v) is 4.27. The van der Waals surface area contributed by atoms with Gasteiger partial charge in [0.15, 0.2) is 0 Å². The van der Waals surface area contributed by atoms with Crippen molar-refractivity contribution in [3.8, 4) is 16.9 Å². The Balaban J connectivity index is 0.00000220. The number of hydrogen-bond acceptors (Lipinski definition) is 3. The number of nitrogens with two attached hydrogens (primary N) is 2. The van der Waals surface area contributed by atoms with Crippen molar-refractivity contribution in [2.45, 2.75) is 6.18 Å². The molecule has 21 heavy (non-hydrogen) atoms. The van der Waals surface area contributed by atoms with Crippen LogP contribution in [0.15, 0.2) is 36.4 Å². The smallest absolute Gasteiger partial charge is 0.417 e. The lowest BCUT2D eigenvalue weighted by Gasteiger charge is -2.17. The fraction of sp³-hybridized carbons (Fsp3) is 0.143. The van der Waals surface area contributed by atoms with Crippen LogP contribution >= 0.6 is 12.4 Å². The van der Waals surface area contributed by atoms with E-state index in [9.17, 15) is 13.2 Å². The summed E-state index contributed by atoms with van der Waals surface area (Å²) in [6, 6.07) is 8.35. The van der Waals surface area contributed by atoms with Crippen LogP contribution in [0.4, 0.5) is 24.5 Å². The molecule has 0 atom stereocenters. The topological polar surface area (TPSA) is 61.3 Å². The molecular formula is C14H14ClF3N2O. The quantitative estimate of drug-likeness (QED) is 0.824. The van der Waals surface area contributed by atoms with Gasteiger partial charge in [-0.3, -0.25) is 0 Å². The molecule has 0 aliphatic heterocycles. The molecule has 0 spiro atoms. The van der Waals surface area contributed by atoms with Gasteiger partial charge in [0.2, 0.25) is 0 Å². The summed E-state index contributed by atoms with van der Waals surface area (Å²) in [5.41, 5.74) is 11.0. The number of anilines is 2. The van der Waals surface area contributed by atoms with E-state index in [1.165, 1.54) is 37.4 Å². The first-order valence-corrected chi connectivity index (χ1v) is 5.73. The molecular weight excluding hydrogens is 305 g/mol. The number of methoxy groups -OCH3 is 1. The molecule has 0 aromatic heterocycles. The highest BCUT2D eigenvalue weighted by molar-refractivity contribution is 5.85. The Kier molecular flexibility index (Phi) is 4.96. The van der Waals surface area contributed by atoms with Gasteiger partial charge in [-0.05, 0) is 23.8 Å². The molecule has 0 bridgehead atoms. The highest BCUT2D eigenvalue weighted by Gasteiger charge is 2.35. The van der Waals surface area contributed by atoms with Gasteiger partial charge >= 0.3 is 6.18 Å². The lowest BCUT2D eigenvalue weighted by atomic mass is 9.97. The Morgan fingerprint density at radius 1 is 0.952 bits per heavy atom. The van der Waals surface area contributed by atoms with E-state index in [-0.39, 0.29) is 29.4 Å². The molecule has 0 fully saturated rings. The van der Waals surface area contributed by atoms with Gasteiger partial charge in [0.1, 0.15) is 5.75 Å². The third-order valence-electron chi connectivity index (χ3n) is 2.85. The number of hydrogen-bond donors (Lipinski definition) is 2. The molecule has 0 aliphatic carbocycles. The number of nitrogen functional groups attached to an aromatic ring is 2. The highest BCUT2D eigenvalue weighted by Crippen LogP contribution is 2.43. The van der Waals surface area contributed by atoms with Gasteiger partial charge in [-0.15, -0.1) is 12.4 Å². The van der Waals surface area contributed by atoms with Crippen molar-refractivity contribution in [2.75, 3.05) is 18.6 Å². The minimum absolute atomic E-state index is 0. The van der Waals surface area contributed by atoms with E-state index in [0.717, 1.165) is 6.07 Å². The molecule has 7 heteroatoms. The van der Waals surface area contributed by atoms with Crippen molar-refractivity contribution in [1.82, 2.24) is 0 Å². The number of ether oxygens (including phenoxy) is 1. The predicted octanol–water partition coefficient (Wildman–Crippen LogP) is 3.97. The first-order valence-electron chi connectivity index (χ1n) is 5.73. The van der Waals surface area contributed by atoms with Crippen LogP contribution in [-0.2, 0) is 6.18 Å². The van der Waals surface area contributed by atoms with Crippen LogP contribution in [0.2, 0.25) is 0 Å². The van der Waals surface area contributed by atoms with Gasteiger partial charge in [0.25, 0.3) is 0 Å². The molecule has 0 radical (unpaired) electrons. The van der Waals surface area contributed by atoms with E-state index in [4.69, 9.17) is 16.2 Å². The van der Waals surface area contributed by atoms with E-state index in [1.54, 1.807) is 0 Å². The minimum atomic E-state index is -4.53. The van der Waals surface area contributed by atoms with Crippen molar-refractivity contribution in [1.29, 1.82) is 0 Å². The Morgan fingerprint density at radius 3 is 2.00 bits per heavy atom. The van der Waals surface area contributed by atoms with Gasteiger partial charge in [-0.1, -0.05) is 12.1 Å². The predicted molar refractivity (Wildman–Crippen MR) is 79.5 cm³/mol. The summed E-state index contributed by atoms with van der Waals surface area (Å²) in [6.07, 6.45) is -4.53. The average molecular weight is 319 g/mol.